The quantitative estimate of drug-likeness (QED) is 0.539. The normalized spacial score (nSPS) is 16.1. The van der Waals surface area contributed by atoms with E-state index in [1.54, 1.807) is 0 Å². The number of rotatable bonds is 5. The van der Waals surface area contributed by atoms with Gasteiger partial charge in [0.05, 0.1) is 4.20 Å². The third kappa shape index (κ3) is 12.1. The molecule has 0 saturated heterocycles. The van der Waals surface area contributed by atoms with Crippen molar-refractivity contribution in [2.24, 2.45) is 4.52 Å². The first-order chi connectivity index (χ1) is 7.49. The van der Waals surface area contributed by atoms with Crippen molar-refractivity contribution in [1.82, 2.24) is 0 Å². The zero-order valence-electron chi connectivity index (χ0n) is 7.60. The summed E-state index contributed by atoms with van der Waals surface area (Å²) in [7, 11) is -7.33. The van der Waals surface area contributed by atoms with Crippen molar-refractivity contribution >= 4 is 16.9 Å². The molecule has 0 radical (unpaired) electrons. The Hall–Kier alpha value is -0.110. The van der Waals surface area contributed by atoms with Crippen LogP contribution in [-0.4, -0.2) is 25.6 Å². The average molecular weight is 312 g/mol. The molecule has 0 aromatic heterocycles. The molecule has 0 spiro atoms. The van der Waals surface area contributed by atoms with Gasteiger partial charge in [-0.2, -0.15) is 30.5 Å². The van der Waals surface area contributed by atoms with Crippen LogP contribution in [0.2, 0.25) is 0 Å². The van der Waals surface area contributed by atoms with Gasteiger partial charge in [-0.25, -0.2) is 0 Å². The maximum atomic E-state index is 12.4. The minimum absolute atomic E-state index is 2.01. The second-order valence-corrected chi connectivity index (χ2v) is 4.46. The van der Waals surface area contributed by atoms with Crippen LogP contribution in [0.3, 0.4) is 0 Å². The topological polar surface area (TPSA) is 30.8 Å². The minimum atomic E-state index is -4.84. The highest BCUT2D eigenvalue weighted by Crippen LogP contribution is 2.50. The van der Waals surface area contributed by atoms with E-state index in [0.29, 0.717) is 0 Å². The first-order valence-corrected chi connectivity index (χ1v) is 5.73. The molecule has 2 unspecified atom stereocenters. The largest absolute Gasteiger partial charge is 0.618 e. The van der Waals surface area contributed by atoms with Gasteiger partial charge in [0.1, 0.15) is 0 Å². The van der Waals surface area contributed by atoms with Crippen molar-refractivity contribution in [1.29, 1.82) is 0 Å². The molecule has 0 bridgehead atoms. The number of hydrogen-bond donors (Lipinski definition) is 0. The Morgan fingerprint density at radius 1 is 1.00 bits per heavy atom. The Balaban J connectivity index is 4.03. The highest BCUT2D eigenvalue weighted by molar-refractivity contribution is 7.53. The van der Waals surface area contributed by atoms with Crippen molar-refractivity contribution in [3.8, 4) is 0 Å². The van der Waals surface area contributed by atoms with Crippen LogP contribution in [0.25, 0.3) is 0 Å². The molecule has 2 atom stereocenters. The molecule has 0 saturated carbocycles. The summed E-state index contributed by atoms with van der Waals surface area (Å²) >= 11 is 0. The molecule has 0 aromatic rings. The van der Waals surface area contributed by atoms with E-state index in [9.17, 15) is 34.7 Å². The molecule has 0 aliphatic heterocycles. The number of hydrogen-bond acceptors (Lipinski definition) is 3. The summed E-state index contributed by atoms with van der Waals surface area (Å²) in [6, 6.07) is 0. The Labute approximate surface area is 91.8 Å². The first kappa shape index (κ1) is 16.9. The van der Waals surface area contributed by atoms with E-state index < -0.39 is 42.4 Å². The number of nitrogens with zero attached hydrogens (tertiary/aromatic N) is 1. The van der Waals surface area contributed by atoms with Gasteiger partial charge in [-0.05, 0) is 0 Å². The van der Waals surface area contributed by atoms with E-state index >= 15 is 0 Å². The average Bonchev–Trinajstić information content (AvgIpc) is 2.09. The van der Waals surface area contributed by atoms with Crippen LogP contribution in [0.4, 0.5) is 34.7 Å². The molecule has 0 rings (SSSR count). The summed E-state index contributed by atoms with van der Waals surface area (Å²) < 4.78 is 103. The van der Waals surface area contributed by atoms with Crippen LogP contribution >= 0.6 is 16.9 Å². The fraction of sp³-hybridized carbons (Fsp3) is 1.00. The van der Waals surface area contributed by atoms with Gasteiger partial charge in [-0.3, -0.25) is 0 Å². The van der Waals surface area contributed by atoms with E-state index in [-0.39, 0.29) is 0 Å². The molecular weight excluding hydrogens is 308 g/mol. The maximum absolute atomic E-state index is 12.4. The van der Waals surface area contributed by atoms with E-state index in [4.69, 9.17) is 0 Å². The molecule has 0 aromatic carbocycles. The zero-order chi connectivity index (χ0) is 13.7. The highest BCUT2D eigenvalue weighted by Gasteiger charge is 2.36. The van der Waals surface area contributed by atoms with Crippen molar-refractivity contribution < 1.29 is 43.8 Å². The van der Waals surface area contributed by atoms with Crippen LogP contribution in [0.5, 0.6) is 0 Å². The van der Waals surface area contributed by atoms with E-state index in [0.717, 1.165) is 0 Å². The lowest BCUT2D eigenvalue weighted by atomic mass is 10.7. The smallest absolute Gasteiger partial charge is 0.301 e. The highest BCUT2D eigenvalue weighted by atomic mass is 31.2. The summed E-state index contributed by atoms with van der Waals surface area (Å²) in [5.74, 6) is 0. The van der Waals surface area contributed by atoms with Gasteiger partial charge in [-0.15, -0.1) is 4.52 Å². The second-order valence-electron chi connectivity index (χ2n) is 2.32. The Kier molecular flexibility index (Phi) is 6.68. The van der Waals surface area contributed by atoms with Gasteiger partial charge in [0.2, 0.25) is 0 Å². The molecule has 0 aliphatic carbocycles. The monoisotopic (exact) mass is 312 g/mol. The Morgan fingerprint density at radius 3 is 1.88 bits per heavy atom. The summed E-state index contributed by atoms with van der Waals surface area (Å²) in [4.78, 5) is 0. The van der Waals surface area contributed by atoms with Crippen LogP contribution in [-0.2, 0) is 9.05 Å². The SMILES string of the molecule is FP(N=[P+](F)OCC(F)(F)F)OCC(F)(F)F. The summed E-state index contributed by atoms with van der Waals surface area (Å²) in [6.07, 6.45) is -9.68. The predicted octanol–water partition coefficient (Wildman–Crippen LogP) is 4.81. The molecule has 13 heteroatoms. The summed E-state index contributed by atoms with van der Waals surface area (Å²) in [6.45, 7) is -4.03. The van der Waals surface area contributed by atoms with Crippen molar-refractivity contribution in [3.63, 3.8) is 0 Å². The van der Waals surface area contributed by atoms with Crippen LogP contribution in [0.1, 0.15) is 0 Å². The number of halogens is 8. The Morgan fingerprint density at radius 2 is 1.47 bits per heavy atom. The van der Waals surface area contributed by atoms with Gasteiger partial charge in [0, 0.05) is 4.52 Å². The fourth-order valence-electron chi connectivity index (χ4n) is 0.360. The Bertz CT molecular complexity index is 265. The van der Waals surface area contributed by atoms with Crippen molar-refractivity contribution in [3.05, 3.63) is 0 Å². The molecule has 0 amide bonds. The maximum Gasteiger partial charge on any atom is 0.618 e. The van der Waals surface area contributed by atoms with Crippen LogP contribution < -0.4 is 0 Å². The predicted molar refractivity (Wildman–Crippen MR) is 42.5 cm³/mol. The van der Waals surface area contributed by atoms with E-state index in [1.807, 2.05) is 0 Å². The standard InChI is InChI=1S/C4H4F8NO2P2/c5-3(6,7)1-14-16(11)13-17(12)15-2-4(8,9)10/h1-2H2/q+1. The minimum Gasteiger partial charge on any atom is -0.301 e. The second kappa shape index (κ2) is 6.72. The van der Waals surface area contributed by atoms with Crippen LogP contribution in [0, 0.1) is 0 Å². The molecule has 0 fully saturated rings. The zero-order valence-corrected chi connectivity index (χ0v) is 9.38. The van der Waals surface area contributed by atoms with Gasteiger partial charge in [0.25, 0.3) is 0 Å². The molecule has 102 valence electrons. The van der Waals surface area contributed by atoms with E-state index in [2.05, 4.69) is 13.6 Å². The summed E-state index contributed by atoms with van der Waals surface area (Å²) in [5, 5.41) is 0. The van der Waals surface area contributed by atoms with E-state index in [1.165, 1.54) is 0 Å². The fourth-order valence-corrected chi connectivity index (χ4v) is 1.72. The lowest BCUT2D eigenvalue weighted by Gasteiger charge is -2.04. The molecular formula is C4H4F8NO2P2+. The van der Waals surface area contributed by atoms with Gasteiger partial charge < -0.3 is 4.52 Å². The lowest BCUT2D eigenvalue weighted by Crippen LogP contribution is -2.14. The van der Waals surface area contributed by atoms with Gasteiger partial charge >= 0.3 is 29.2 Å². The lowest BCUT2D eigenvalue weighted by molar-refractivity contribution is -0.152. The van der Waals surface area contributed by atoms with Gasteiger partial charge in [-0.1, -0.05) is 0 Å². The first-order valence-electron chi connectivity index (χ1n) is 3.52. The van der Waals surface area contributed by atoms with Crippen molar-refractivity contribution in [2.75, 3.05) is 13.2 Å². The van der Waals surface area contributed by atoms with Crippen molar-refractivity contribution in [2.45, 2.75) is 12.4 Å². The number of alkyl halides is 6. The molecule has 0 aliphatic rings. The third-order valence-electron chi connectivity index (χ3n) is 0.810. The van der Waals surface area contributed by atoms with Gasteiger partial charge in [0.15, 0.2) is 13.2 Å². The molecule has 0 N–H and O–H groups in total. The third-order valence-corrected chi connectivity index (χ3v) is 2.62. The molecule has 3 nitrogen and oxygen atoms in total. The molecule has 0 heterocycles. The summed E-state index contributed by atoms with van der Waals surface area (Å²) in [5.41, 5.74) is 0. The molecule has 17 heavy (non-hydrogen) atoms. The van der Waals surface area contributed by atoms with Crippen LogP contribution in [0.15, 0.2) is 4.52 Å².